The van der Waals surface area contributed by atoms with Gasteiger partial charge >= 0.3 is 0 Å². The van der Waals surface area contributed by atoms with Gasteiger partial charge in [-0.15, -0.1) is 0 Å². The van der Waals surface area contributed by atoms with E-state index in [1.807, 2.05) is 0 Å². The highest BCUT2D eigenvalue weighted by Crippen LogP contribution is 2.27. The second-order valence-electron chi connectivity index (χ2n) is 5.93. The summed E-state index contributed by atoms with van der Waals surface area (Å²) < 4.78 is 19.1. The molecule has 3 rings (SSSR count). The summed E-state index contributed by atoms with van der Waals surface area (Å²) in [7, 11) is 0. The van der Waals surface area contributed by atoms with E-state index in [4.69, 9.17) is 10.5 Å². The summed E-state index contributed by atoms with van der Waals surface area (Å²) in [6.07, 6.45) is 3.50. The molecule has 2 aliphatic heterocycles. The normalized spacial score (nSPS) is 27.1. The van der Waals surface area contributed by atoms with E-state index in [-0.39, 0.29) is 11.7 Å². The lowest BCUT2D eigenvalue weighted by Crippen LogP contribution is -2.63. The van der Waals surface area contributed by atoms with Crippen LogP contribution in [0.15, 0.2) is 18.5 Å². The first-order chi connectivity index (χ1) is 10.6. The fourth-order valence-electron chi connectivity index (χ4n) is 3.26. The summed E-state index contributed by atoms with van der Waals surface area (Å²) in [5.74, 6) is -0.582. The minimum absolute atomic E-state index is 0.275. The minimum Gasteiger partial charge on any atom is -0.379 e. The van der Waals surface area contributed by atoms with Gasteiger partial charge < -0.3 is 10.5 Å². The lowest BCUT2D eigenvalue weighted by atomic mass is 9.94. The maximum absolute atomic E-state index is 13.7. The van der Waals surface area contributed by atoms with E-state index in [1.165, 1.54) is 6.20 Å². The molecule has 2 saturated heterocycles. The number of aromatic nitrogens is 1. The van der Waals surface area contributed by atoms with Crippen molar-refractivity contribution in [1.29, 1.82) is 0 Å². The van der Waals surface area contributed by atoms with Gasteiger partial charge in [0.05, 0.1) is 12.8 Å². The quantitative estimate of drug-likeness (QED) is 0.846. The average Bonchev–Trinajstić information content (AvgIpc) is 3.01. The van der Waals surface area contributed by atoms with Gasteiger partial charge in [-0.05, 0) is 6.07 Å². The van der Waals surface area contributed by atoms with Gasteiger partial charge in [0.2, 0.25) is 5.91 Å². The van der Waals surface area contributed by atoms with Gasteiger partial charge in [-0.25, -0.2) is 4.39 Å². The molecule has 6 nitrogen and oxygen atoms in total. The van der Waals surface area contributed by atoms with E-state index in [0.717, 1.165) is 26.2 Å². The monoisotopic (exact) mass is 308 g/mol. The van der Waals surface area contributed by atoms with E-state index in [1.54, 1.807) is 12.3 Å². The fraction of sp³-hybridized carbons (Fsp3) is 0.600. The Morgan fingerprint density at radius 1 is 1.41 bits per heavy atom. The third kappa shape index (κ3) is 2.84. The summed E-state index contributed by atoms with van der Waals surface area (Å²) in [6.45, 7) is 4.53. The summed E-state index contributed by atoms with van der Waals surface area (Å²) in [5, 5.41) is 0. The fourth-order valence-corrected chi connectivity index (χ4v) is 3.26. The third-order valence-corrected chi connectivity index (χ3v) is 4.69. The number of nitrogens with two attached hydrogens (primary N) is 1. The first-order valence-electron chi connectivity index (χ1n) is 7.55. The number of pyridine rings is 1. The molecule has 1 aromatic rings. The Bertz CT molecular complexity index is 540. The maximum atomic E-state index is 13.7. The Kier molecular flexibility index (Phi) is 4.37. The number of hydrogen-bond donors (Lipinski definition) is 1. The van der Waals surface area contributed by atoms with Crippen molar-refractivity contribution in [1.82, 2.24) is 14.8 Å². The zero-order valence-corrected chi connectivity index (χ0v) is 12.5. The number of amides is 1. The first kappa shape index (κ1) is 15.3. The smallest absolute Gasteiger partial charge is 0.240 e. The number of ether oxygens (including phenoxy) is 1. The molecule has 1 aromatic heterocycles. The van der Waals surface area contributed by atoms with Crippen LogP contribution in [0.25, 0.3) is 0 Å². The van der Waals surface area contributed by atoms with Gasteiger partial charge in [-0.1, -0.05) is 0 Å². The largest absolute Gasteiger partial charge is 0.379 e. The average molecular weight is 308 g/mol. The van der Waals surface area contributed by atoms with Crippen molar-refractivity contribution in [3.63, 3.8) is 0 Å². The SMILES string of the molecule is NC(=O)C1(N2CCN(Cc3ccncc3F)CC2)CCOC1. The van der Waals surface area contributed by atoms with Crippen molar-refractivity contribution in [3.8, 4) is 0 Å². The van der Waals surface area contributed by atoms with E-state index in [9.17, 15) is 9.18 Å². The van der Waals surface area contributed by atoms with Gasteiger partial charge in [0, 0.05) is 57.5 Å². The van der Waals surface area contributed by atoms with Crippen LogP contribution in [0.4, 0.5) is 4.39 Å². The molecule has 7 heteroatoms. The molecule has 1 atom stereocenters. The number of hydrogen-bond acceptors (Lipinski definition) is 5. The van der Waals surface area contributed by atoms with Gasteiger partial charge in [0.25, 0.3) is 0 Å². The molecule has 1 amide bonds. The number of nitrogens with zero attached hydrogens (tertiary/aromatic N) is 3. The summed E-state index contributed by atoms with van der Waals surface area (Å²) in [6, 6.07) is 1.71. The van der Waals surface area contributed by atoms with Crippen LogP contribution in [0.3, 0.4) is 0 Å². The van der Waals surface area contributed by atoms with Crippen LogP contribution in [-0.4, -0.2) is 65.6 Å². The number of rotatable bonds is 4. The molecular weight excluding hydrogens is 287 g/mol. The van der Waals surface area contributed by atoms with Crippen molar-refractivity contribution in [2.24, 2.45) is 5.73 Å². The second kappa shape index (κ2) is 6.28. The van der Waals surface area contributed by atoms with Crippen LogP contribution in [0.1, 0.15) is 12.0 Å². The Balaban J connectivity index is 1.61. The molecule has 0 saturated carbocycles. The van der Waals surface area contributed by atoms with Crippen LogP contribution in [0.2, 0.25) is 0 Å². The molecule has 3 heterocycles. The summed E-state index contributed by atoms with van der Waals surface area (Å²) in [4.78, 5) is 19.9. The molecule has 1 unspecified atom stereocenters. The molecule has 0 bridgehead atoms. The highest BCUT2D eigenvalue weighted by atomic mass is 19.1. The van der Waals surface area contributed by atoms with Crippen LogP contribution in [0, 0.1) is 5.82 Å². The number of primary amides is 1. The number of carbonyl (C=O) groups excluding carboxylic acids is 1. The first-order valence-corrected chi connectivity index (χ1v) is 7.55. The minimum atomic E-state index is -0.659. The van der Waals surface area contributed by atoms with Crippen LogP contribution >= 0.6 is 0 Å². The highest BCUT2D eigenvalue weighted by molar-refractivity contribution is 5.85. The van der Waals surface area contributed by atoms with Gasteiger partial charge in [-0.2, -0.15) is 0 Å². The zero-order chi connectivity index (χ0) is 15.6. The van der Waals surface area contributed by atoms with Crippen LogP contribution < -0.4 is 5.73 Å². The molecule has 120 valence electrons. The molecule has 2 aliphatic rings. The summed E-state index contributed by atoms with van der Waals surface area (Å²) >= 11 is 0. The molecule has 0 aromatic carbocycles. The van der Waals surface area contributed by atoms with Crippen LogP contribution in [0.5, 0.6) is 0 Å². The Morgan fingerprint density at radius 2 is 2.18 bits per heavy atom. The van der Waals surface area contributed by atoms with Gasteiger partial charge in [-0.3, -0.25) is 19.6 Å². The molecule has 0 radical (unpaired) electrons. The molecule has 0 aliphatic carbocycles. The van der Waals surface area contributed by atoms with Gasteiger partial charge in [0.1, 0.15) is 11.4 Å². The Hall–Kier alpha value is -1.57. The highest BCUT2D eigenvalue weighted by Gasteiger charge is 2.46. The summed E-state index contributed by atoms with van der Waals surface area (Å²) in [5.41, 5.74) is 5.60. The molecule has 22 heavy (non-hydrogen) atoms. The van der Waals surface area contributed by atoms with Crippen molar-refractivity contribution in [2.45, 2.75) is 18.5 Å². The predicted octanol–water partition coefficient (Wildman–Crippen LogP) is -0.0173. The molecule has 2 fully saturated rings. The van der Waals surface area contributed by atoms with E-state index in [2.05, 4.69) is 14.8 Å². The van der Waals surface area contributed by atoms with Crippen molar-refractivity contribution in [3.05, 3.63) is 29.8 Å². The van der Waals surface area contributed by atoms with Gasteiger partial charge in [0.15, 0.2) is 0 Å². The van der Waals surface area contributed by atoms with Crippen molar-refractivity contribution in [2.75, 3.05) is 39.4 Å². The molecule has 0 spiro atoms. The number of carbonyl (C=O) groups is 1. The topological polar surface area (TPSA) is 71.7 Å². The number of halogens is 1. The maximum Gasteiger partial charge on any atom is 0.240 e. The lowest BCUT2D eigenvalue weighted by Gasteiger charge is -2.43. The van der Waals surface area contributed by atoms with E-state index >= 15 is 0 Å². The Labute approximate surface area is 129 Å². The predicted molar refractivity (Wildman–Crippen MR) is 78.4 cm³/mol. The molecular formula is C15H21FN4O2. The van der Waals surface area contributed by atoms with E-state index in [0.29, 0.717) is 31.7 Å². The lowest BCUT2D eigenvalue weighted by molar-refractivity contribution is -0.132. The standard InChI is InChI=1S/C15H21FN4O2/c16-13-9-18-3-1-12(13)10-19-4-6-20(7-5-19)15(14(17)21)2-8-22-11-15/h1,3,9H,2,4-8,10-11H2,(H2,17,21). The van der Waals surface area contributed by atoms with Crippen molar-refractivity contribution >= 4 is 5.91 Å². The third-order valence-electron chi connectivity index (χ3n) is 4.69. The zero-order valence-electron chi connectivity index (χ0n) is 12.5. The van der Waals surface area contributed by atoms with E-state index < -0.39 is 5.54 Å². The van der Waals surface area contributed by atoms with Crippen molar-refractivity contribution < 1.29 is 13.9 Å². The second-order valence-corrected chi connectivity index (χ2v) is 5.93. The Morgan fingerprint density at radius 3 is 2.77 bits per heavy atom. The molecule has 2 N–H and O–H groups in total. The number of piperazine rings is 1. The van der Waals surface area contributed by atoms with Crippen LogP contribution in [-0.2, 0) is 16.1 Å².